The summed E-state index contributed by atoms with van der Waals surface area (Å²) < 4.78 is 5.17. The molecule has 0 saturated carbocycles. The summed E-state index contributed by atoms with van der Waals surface area (Å²) in [5.74, 6) is -1.26. The van der Waals surface area contributed by atoms with E-state index in [1.165, 1.54) is 4.90 Å². The van der Waals surface area contributed by atoms with Crippen molar-refractivity contribution in [2.24, 2.45) is 0 Å². The molecule has 1 fully saturated rings. The van der Waals surface area contributed by atoms with Crippen LogP contribution < -0.4 is 15.5 Å². The van der Waals surface area contributed by atoms with Gasteiger partial charge in [0.15, 0.2) is 0 Å². The highest BCUT2D eigenvalue weighted by atomic mass is 16.5. The van der Waals surface area contributed by atoms with E-state index in [2.05, 4.69) is 10.6 Å². The van der Waals surface area contributed by atoms with Crippen molar-refractivity contribution in [1.82, 2.24) is 10.2 Å². The van der Waals surface area contributed by atoms with Gasteiger partial charge in [-0.15, -0.1) is 0 Å². The Hall–Kier alpha value is -3.88. The second-order valence-electron chi connectivity index (χ2n) is 8.49. The van der Waals surface area contributed by atoms with Crippen LogP contribution in [0.2, 0.25) is 0 Å². The van der Waals surface area contributed by atoms with E-state index in [-0.39, 0.29) is 30.7 Å². The number of benzene rings is 2. The molecule has 1 unspecified atom stereocenters. The second-order valence-corrected chi connectivity index (χ2v) is 8.49. The van der Waals surface area contributed by atoms with Crippen molar-refractivity contribution in [3.05, 3.63) is 60.2 Å². The first kappa shape index (κ1) is 26.7. The molecule has 2 N–H and O–H groups in total. The normalized spacial score (nSPS) is 15.1. The summed E-state index contributed by atoms with van der Waals surface area (Å²) in [6.07, 6.45) is 1.47. The standard InChI is InChI=1S/C27H34N4O5/c1-3-5-17-36-25(33)18-23-26(34)28-15-16-31(23)24(32)19-29-21-13-11-20(12-14-21)27(35)30(4-2)22-9-7-6-8-10-22/h6-14,23,29H,3-5,15-19H2,1-2H3,(H,28,34). The number of unbranched alkanes of at least 4 members (excludes halogenated alkanes) is 1. The molecular formula is C27H34N4O5. The quantitative estimate of drug-likeness (QED) is 0.367. The summed E-state index contributed by atoms with van der Waals surface area (Å²) in [5, 5.41) is 5.76. The minimum Gasteiger partial charge on any atom is -0.466 e. The number of anilines is 2. The summed E-state index contributed by atoms with van der Waals surface area (Å²) in [5.41, 5.74) is 2.03. The average molecular weight is 495 g/mol. The van der Waals surface area contributed by atoms with Gasteiger partial charge in [0.2, 0.25) is 11.8 Å². The number of carbonyl (C=O) groups excluding carboxylic acids is 4. The topological polar surface area (TPSA) is 108 Å². The molecule has 0 radical (unpaired) electrons. The van der Waals surface area contributed by atoms with Gasteiger partial charge >= 0.3 is 5.97 Å². The molecule has 192 valence electrons. The minimum absolute atomic E-state index is 0.0486. The van der Waals surface area contributed by atoms with E-state index in [1.807, 2.05) is 44.2 Å². The maximum Gasteiger partial charge on any atom is 0.308 e. The number of amides is 3. The fourth-order valence-corrected chi connectivity index (χ4v) is 3.98. The Morgan fingerprint density at radius 3 is 2.47 bits per heavy atom. The third kappa shape index (κ3) is 7.07. The minimum atomic E-state index is -0.889. The number of esters is 1. The molecule has 0 aromatic heterocycles. The maximum atomic E-state index is 13.0. The molecule has 2 aromatic carbocycles. The molecule has 1 atom stereocenters. The van der Waals surface area contributed by atoms with E-state index in [4.69, 9.17) is 4.74 Å². The van der Waals surface area contributed by atoms with Crippen molar-refractivity contribution in [3.63, 3.8) is 0 Å². The largest absolute Gasteiger partial charge is 0.466 e. The van der Waals surface area contributed by atoms with E-state index in [0.717, 1.165) is 18.5 Å². The molecule has 9 nitrogen and oxygen atoms in total. The van der Waals surface area contributed by atoms with Gasteiger partial charge in [-0.3, -0.25) is 19.2 Å². The van der Waals surface area contributed by atoms with Crippen molar-refractivity contribution in [2.75, 3.05) is 43.0 Å². The lowest BCUT2D eigenvalue weighted by Gasteiger charge is -2.34. The van der Waals surface area contributed by atoms with Crippen LogP contribution in [0.4, 0.5) is 11.4 Å². The van der Waals surface area contributed by atoms with Gasteiger partial charge in [0.05, 0.1) is 19.6 Å². The molecule has 2 aromatic rings. The highest BCUT2D eigenvalue weighted by Gasteiger charge is 2.35. The number of hydrogen-bond donors (Lipinski definition) is 2. The molecule has 9 heteroatoms. The van der Waals surface area contributed by atoms with Crippen LogP contribution >= 0.6 is 0 Å². The van der Waals surface area contributed by atoms with Crippen molar-refractivity contribution in [1.29, 1.82) is 0 Å². The summed E-state index contributed by atoms with van der Waals surface area (Å²) >= 11 is 0. The number of carbonyl (C=O) groups is 4. The van der Waals surface area contributed by atoms with Gasteiger partial charge in [-0.05, 0) is 49.7 Å². The van der Waals surface area contributed by atoms with E-state index in [9.17, 15) is 19.2 Å². The van der Waals surface area contributed by atoms with Crippen LogP contribution in [0.25, 0.3) is 0 Å². The van der Waals surface area contributed by atoms with Crippen LogP contribution in [-0.2, 0) is 19.1 Å². The molecule has 1 aliphatic rings. The van der Waals surface area contributed by atoms with Crippen molar-refractivity contribution >= 4 is 35.1 Å². The van der Waals surface area contributed by atoms with E-state index >= 15 is 0 Å². The molecule has 1 heterocycles. The number of piperazine rings is 1. The van der Waals surface area contributed by atoms with Gasteiger partial charge < -0.3 is 25.2 Å². The number of ether oxygens (including phenoxy) is 1. The molecular weight excluding hydrogens is 460 g/mol. The Balaban J connectivity index is 1.58. The Bertz CT molecular complexity index is 1040. The average Bonchev–Trinajstić information content (AvgIpc) is 2.90. The zero-order valence-electron chi connectivity index (χ0n) is 20.9. The predicted octanol–water partition coefficient (Wildman–Crippen LogP) is 2.83. The van der Waals surface area contributed by atoms with Gasteiger partial charge in [-0.2, -0.15) is 0 Å². The smallest absolute Gasteiger partial charge is 0.308 e. The van der Waals surface area contributed by atoms with Gasteiger partial charge in [0.1, 0.15) is 6.04 Å². The Morgan fingerprint density at radius 1 is 1.08 bits per heavy atom. The van der Waals surface area contributed by atoms with Crippen molar-refractivity contribution in [3.8, 4) is 0 Å². The molecule has 3 amide bonds. The SMILES string of the molecule is CCCCOC(=O)CC1C(=O)NCCN1C(=O)CNc1ccc(C(=O)N(CC)c2ccccc2)cc1. The summed E-state index contributed by atoms with van der Waals surface area (Å²) in [7, 11) is 0. The van der Waals surface area contributed by atoms with Crippen LogP contribution in [0.15, 0.2) is 54.6 Å². The molecule has 3 rings (SSSR count). The number of para-hydroxylation sites is 1. The molecule has 36 heavy (non-hydrogen) atoms. The maximum absolute atomic E-state index is 13.0. The van der Waals surface area contributed by atoms with E-state index < -0.39 is 12.0 Å². The summed E-state index contributed by atoms with van der Waals surface area (Å²) in [6.45, 7) is 5.36. The molecule has 1 saturated heterocycles. The van der Waals surface area contributed by atoms with Crippen molar-refractivity contribution < 1.29 is 23.9 Å². The first-order chi connectivity index (χ1) is 17.4. The van der Waals surface area contributed by atoms with Crippen LogP contribution in [0.5, 0.6) is 0 Å². The lowest BCUT2D eigenvalue weighted by Crippen LogP contribution is -2.58. The Labute approximate surface area is 211 Å². The van der Waals surface area contributed by atoms with Crippen LogP contribution in [0.3, 0.4) is 0 Å². The number of nitrogens with one attached hydrogen (secondary N) is 2. The predicted molar refractivity (Wildman–Crippen MR) is 138 cm³/mol. The molecule has 0 bridgehead atoms. The Morgan fingerprint density at radius 2 is 1.81 bits per heavy atom. The first-order valence-electron chi connectivity index (χ1n) is 12.4. The number of nitrogens with zero attached hydrogens (tertiary/aromatic N) is 2. The fraction of sp³-hybridized carbons (Fsp3) is 0.407. The molecule has 1 aliphatic heterocycles. The van der Waals surface area contributed by atoms with Gasteiger partial charge in [0.25, 0.3) is 5.91 Å². The zero-order chi connectivity index (χ0) is 25.9. The monoisotopic (exact) mass is 494 g/mol. The van der Waals surface area contributed by atoms with Crippen LogP contribution in [0, 0.1) is 0 Å². The third-order valence-corrected chi connectivity index (χ3v) is 5.98. The third-order valence-electron chi connectivity index (χ3n) is 5.98. The lowest BCUT2D eigenvalue weighted by molar-refractivity contribution is -0.151. The van der Waals surface area contributed by atoms with Crippen LogP contribution in [0.1, 0.15) is 43.5 Å². The van der Waals surface area contributed by atoms with E-state index in [0.29, 0.717) is 37.5 Å². The van der Waals surface area contributed by atoms with Gasteiger partial charge in [0, 0.05) is 36.6 Å². The first-order valence-corrected chi connectivity index (χ1v) is 12.4. The lowest BCUT2D eigenvalue weighted by atomic mass is 10.1. The molecule has 0 aliphatic carbocycles. The second kappa shape index (κ2) is 13.3. The highest BCUT2D eigenvalue weighted by molar-refractivity contribution is 6.06. The Kier molecular flexibility index (Phi) is 9.85. The summed E-state index contributed by atoms with van der Waals surface area (Å²) in [4.78, 5) is 53.5. The van der Waals surface area contributed by atoms with Gasteiger partial charge in [-0.1, -0.05) is 31.5 Å². The van der Waals surface area contributed by atoms with E-state index in [1.54, 1.807) is 29.2 Å². The number of rotatable bonds is 11. The van der Waals surface area contributed by atoms with Gasteiger partial charge in [-0.25, -0.2) is 0 Å². The molecule has 0 spiro atoms. The highest BCUT2D eigenvalue weighted by Crippen LogP contribution is 2.18. The summed E-state index contributed by atoms with van der Waals surface area (Å²) in [6, 6.07) is 15.5. The van der Waals surface area contributed by atoms with Crippen molar-refractivity contribution in [2.45, 2.75) is 39.2 Å². The fourth-order valence-electron chi connectivity index (χ4n) is 3.98. The van der Waals surface area contributed by atoms with Crippen LogP contribution in [-0.4, -0.2) is 67.4 Å². The zero-order valence-corrected chi connectivity index (χ0v) is 20.9. The number of hydrogen-bond acceptors (Lipinski definition) is 6.